The summed E-state index contributed by atoms with van der Waals surface area (Å²) in [6, 6.07) is 4.49. The second kappa shape index (κ2) is 6.77. The summed E-state index contributed by atoms with van der Waals surface area (Å²) < 4.78 is 5.48. The van der Waals surface area contributed by atoms with E-state index in [2.05, 4.69) is 36.9 Å². The fourth-order valence-corrected chi connectivity index (χ4v) is 3.27. The maximum absolute atomic E-state index is 10.7. The van der Waals surface area contributed by atoms with Crippen LogP contribution in [0.2, 0.25) is 0 Å². The van der Waals surface area contributed by atoms with Crippen molar-refractivity contribution in [2.45, 2.75) is 32.4 Å². The van der Waals surface area contributed by atoms with Crippen molar-refractivity contribution >= 4 is 0 Å². The lowest BCUT2D eigenvalue weighted by atomic mass is 9.94. The van der Waals surface area contributed by atoms with Crippen molar-refractivity contribution in [1.29, 1.82) is 0 Å². The first kappa shape index (κ1) is 16.3. The minimum absolute atomic E-state index is 0.379. The number of hydrogen-bond donors (Lipinski definition) is 1. The van der Waals surface area contributed by atoms with Crippen molar-refractivity contribution < 1.29 is 9.84 Å². The molecule has 0 amide bonds. The second-order valence-corrected chi connectivity index (χ2v) is 6.35. The summed E-state index contributed by atoms with van der Waals surface area (Å²) in [6.45, 7) is 7.25. The van der Waals surface area contributed by atoms with Gasteiger partial charge in [0, 0.05) is 31.2 Å². The van der Waals surface area contributed by atoms with Crippen molar-refractivity contribution in [3.63, 3.8) is 0 Å². The van der Waals surface area contributed by atoms with Gasteiger partial charge in [-0.05, 0) is 51.6 Å². The van der Waals surface area contributed by atoms with Gasteiger partial charge in [0.25, 0.3) is 0 Å². The molecular weight excluding hydrogens is 264 g/mol. The maximum Gasteiger partial charge on any atom is 0.125 e. The van der Waals surface area contributed by atoms with Crippen LogP contribution in [-0.2, 0) is 0 Å². The molecule has 2 unspecified atom stereocenters. The molecule has 1 saturated heterocycles. The molecule has 21 heavy (non-hydrogen) atoms. The number of benzene rings is 1. The van der Waals surface area contributed by atoms with Gasteiger partial charge in [-0.25, -0.2) is 0 Å². The summed E-state index contributed by atoms with van der Waals surface area (Å²) >= 11 is 0. The normalized spacial score (nSPS) is 22.3. The predicted octanol–water partition coefficient (Wildman–Crippen LogP) is 1.98. The van der Waals surface area contributed by atoms with Crippen LogP contribution in [0.5, 0.6) is 5.75 Å². The van der Waals surface area contributed by atoms with Crippen LogP contribution in [0.3, 0.4) is 0 Å². The fraction of sp³-hybridized carbons (Fsp3) is 0.647. The van der Waals surface area contributed by atoms with E-state index in [1.54, 1.807) is 7.11 Å². The average Bonchev–Trinajstić information content (AvgIpc) is 2.41. The predicted molar refractivity (Wildman–Crippen MR) is 86.0 cm³/mol. The lowest BCUT2D eigenvalue weighted by molar-refractivity contribution is 0.0623. The van der Waals surface area contributed by atoms with Crippen LogP contribution in [0, 0.1) is 13.8 Å². The van der Waals surface area contributed by atoms with Crippen molar-refractivity contribution in [2.24, 2.45) is 0 Å². The SMILES string of the molecule is COc1cc(C)cc(C)c1C(O)CC1CN(C)CCN1C. The molecule has 0 saturated carbocycles. The van der Waals surface area contributed by atoms with E-state index in [4.69, 9.17) is 4.74 Å². The van der Waals surface area contributed by atoms with Crippen LogP contribution in [0.1, 0.15) is 29.2 Å². The van der Waals surface area contributed by atoms with E-state index in [1.165, 1.54) is 0 Å². The Balaban J connectivity index is 2.18. The highest BCUT2D eigenvalue weighted by atomic mass is 16.5. The summed E-state index contributed by atoms with van der Waals surface area (Å²) in [5.41, 5.74) is 3.20. The van der Waals surface area contributed by atoms with Crippen LogP contribution in [0.25, 0.3) is 0 Å². The van der Waals surface area contributed by atoms with Crippen molar-refractivity contribution in [3.05, 3.63) is 28.8 Å². The van der Waals surface area contributed by atoms with Gasteiger partial charge in [0.15, 0.2) is 0 Å². The molecule has 0 aliphatic carbocycles. The van der Waals surface area contributed by atoms with Crippen LogP contribution in [-0.4, -0.2) is 61.8 Å². The largest absolute Gasteiger partial charge is 0.496 e. The zero-order valence-corrected chi connectivity index (χ0v) is 13.9. The number of methoxy groups -OCH3 is 1. The number of rotatable bonds is 4. The monoisotopic (exact) mass is 292 g/mol. The number of ether oxygens (including phenoxy) is 1. The summed E-state index contributed by atoms with van der Waals surface area (Å²) in [6.07, 6.45) is 0.251. The third kappa shape index (κ3) is 3.76. The van der Waals surface area contributed by atoms with Gasteiger partial charge in [-0.15, -0.1) is 0 Å². The van der Waals surface area contributed by atoms with Gasteiger partial charge in [0.05, 0.1) is 13.2 Å². The lowest BCUT2D eigenvalue weighted by Crippen LogP contribution is -2.50. The summed E-state index contributed by atoms with van der Waals surface area (Å²) in [5, 5.41) is 10.7. The molecule has 1 aliphatic rings. The molecule has 0 spiro atoms. The minimum atomic E-state index is -0.487. The van der Waals surface area contributed by atoms with Gasteiger partial charge >= 0.3 is 0 Å². The fourth-order valence-electron chi connectivity index (χ4n) is 3.27. The average molecular weight is 292 g/mol. The van der Waals surface area contributed by atoms with Crippen molar-refractivity contribution in [2.75, 3.05) is 40.8 Å². The number of aliphatic hydroxyl groups is 1. The van der Waals surface area contributed by atoms with Gasteiger partial charge in [0.2, 0.25) is 0 Å². The van der Waals surface area contributed by atoms with Crippen LogP contribution >= 0.6 is 0 Å². The standard InChI is InChI=1S/C17H28N2O2/c1-12-8-13(2)17(16(9-12)21-5)15(20)10-14-11-18(3)6-7-19(14)4/h8-9,14-15,20H,6-7,10-11H2,1-5H3. The molecule has 0 aromatic heterocycles. The third-order valence-corrected chi connectivity index (χ3v) is 4.52. The van der Waals surface area contributed by atoms with E-state index < -0.39 is 6.10 Å². The molecule has 2 atom stereocenters. The highest BCUT2D eigenvalue weighted by molar-refractivity contribution is 5.44. The van der Waals surface area contributed by atoms with Gasteiger partial charge in [-0.3, -0.25) is 0 Å². The van der Waals surface area contributed by atoms with Gasteiger partial charge in [-0.1, -0.05) is 6.07 Å². The molecular formula is C17H28N2O2. The first-order valence-electron chi connectivity index (χ1n) is 7.64. The van der Waals surface area contributed by atoms with Crippen molar-refractivity contribution in [1.82, 2.24) is 9.80 Å². The molecule has 118 valence electrons. The lowest BCUT2D eigenvalue weighted by Gasteiger charge is -2.38. The van der Waals surface area contributed by atoms with E-state index in [0.717, 1.165) is 48.5 Å². The Labute approximate surface area is 128 Å². The van der Waals surface area contributed by atoms with E-state index in [9.17, 15) is 5.11 Å². The first-order valence-corrected chi connectivity index (χ1v) is 7.64. The number of nitrogens with zero attached hydrogens (tertiary/aromatic N) is 2. The molecule has 1 fully saturated rings. The number of aliphatic hydroxyl groups excluding tert-OH is 1. The van der Waals surface area contributed by atoms with Gasteiger partial charge in [0.1, 0.15) is 5.75 Å². The molecule has 4 nitrogen and oxygen atoms in total. The topological polar surface area (TPSA) is 35.9 Å². The number of aryl methyl sites for hydroxylation is 2. The number of hydrogen-bond acceptors (Lipinski definition) is 4. The van der Waals surface area contributed by atoms with Gasteiger partial charge in [-0.2, -0.15) is 0 Å². The zero-order valence-electron chi connectivity index (χ0n) is 13.9. The van der Waals surface area contributed by atoms with E-state index >= 15 is 0 Å². The molecule has 1 heterocycles. The quantitative estimate of drug-likeness (QED) is 0.920. The second-order valence-electron chi connectivity index (χ2n) is 6.35. The number of likely N-dealkylation sites (N-methyl/N-ethyl adjacent to an activating group) is 2. The highest BCUT2D eigenvalue weighted by Gasteiger charge is 2.27. The highest BCUT2D eigenvalue weighted by Crippen LogP contribution is 2.33. The van der Waals surface area contributed by atoms with Crippen LogP contribution in [0.15, 0.2) is 12.1 Å². The molecule has 1 aliphatic heterocycles. The van der Waals surface area contributed by atoms with Crippen LogP contribution in [0.4, 0.5) is 0 Å². The molecule has 2 rings (SSSR count). The first-order chi connectivity index (χ1) is 9.92. The molecule has 4 heteroatoms. The molecule has 0 radical (unpaired) electrons. The van der Waals surface area contributed by atoms with E-state index in [-0.39, 0.29) is 0 Å². The Bertz CT molecular complexity index is 490. The number of piperazine rings is 1. The maximum atomic E-state index is 10.7. The smallest absolute Gasteiger partial charge is 0.125 e. The molecule has 1 aromatic carbocycles. The Morgan fingerprint density at radius 1 is 1.29 bits per heavy atom. The molecule has 1 aromatic rings. The molecule has 0 bridgehead atoms. The van der Waals surface area contributed by atoms with Crippen LogP contribution < -0.4 is 4.74 Å². The summed E-state index contributed by atoms with van der Waals surface area (Å²) in [4.78, 5) is 4.68. The zero-order chi connectivity index (χ0) is 15.6. The van der Waals surface area contributed by atoms with Gasteiger partial charge < -0.3 is 19.6 Å². The minimum Gasteiger partial charge on any atom is -0.496 e. The Morgan fingerprint density at radius 3 is 2.67 bits per heavy atom. The van der Waals surface area contributed by atoms with Crippen molar-refractivity contribution in [3.8, 4) is 5.75 Å². The van der Waals surface area contributed by atoms with E-state index in [1.807, 2.05) is 13.0 Å². The third-order valence-electron chi connectivity index (χ3n) is 4.52. The van der Waals surface area contributed by atoms with E-state index in [0.29, 0.717) is 6.04 Å². The Morgan fingerprint density at radius 2 is 2.00 bits per heavy atom. The Hall–Kier alpha value is -1.10. The summed E-state index contributed by atoms with van der Waals surface area (Å²) in [7, 11) is 5.96. The summed E-state index contributed by atoms with van der Waals surface area (Å²) in [5.74, 6) is 0.798. The Kier molecular flexibility index (Phi) is 5.25. The molecule has 1 N–H and O–H groups in total.